The van der Waals surface area contributed by atoms with E-state index in [1.54, 1.807) is 6.20 Å². The third-order valence-corrected chi connectivity index (χ3v) is 2.83. The number of halogens is 1. The highest BCUT2D eigenvalue weighted by molar-refractivity contribution is 6.31. The number of aliphatic hydroxyl groups is 1. The maximum Gasteiger partial charge on any atom is 0.0817 e. The predicted molar refractivity (Wildman–Crippen MR) is 62.1 cm³/mol. The van der Waals surface area contributed by atoms with Crippen LogP contribution in [0.5, 0.6) is 0 Å². The first-order valence-corrected chi connectivity index (χ1v) is 5.95. The Bertz CT molecular complexity index is 299. The van der Waals surface area contributed by atoms with Crippen molar-refractivity contribution in [1.82, 2.24) is 9.78 Å². The van der Waals surface area contributed by atoms with Gasteiger partial charge in [-0.1, -0.05) is 25.4 Å². The minimum absolute atomic E-state index is 0.231. The Morgan fingerprint density at radius 2 is 2.27 bits per heavy atom. The molecule has 0 radical (unpaired) electrons. The van der Waals surface area contributed by atoms with Crippen LogP contribution in [0, 0.1) is 0 Å². The van der Waals surface area contributed by atoms with E-state index in [1.165, 1.54) is 0 Å². The molecule has 1 heterocycles. The average molecular weight is 231 g/mol. The summed E-state index contributed by atoms with van der Waals surface area (Å²) in [5, 5.41) is 14.4. The second-order valence-electron chi connectivity index (χ2n) is 3.76. The van der Waals surface area contributed by atoms with Crippen molar-refractivity contribution in [1.29, 1.82) is 0 Å². The summed E-state index contributed by atoms with van der Waals surface area (Å²) >= 11 is 6.04. The van der Waals surface area contributed by atoms with Gasteiger partial charge in [-0.25, -0.2) is 0 Å². The van der Waals surface area contributed by atoms with Gasteiger partial charge in [0.1, 0.15) is 0 Å². The normalized spacial score (nSPS) is 13.1. The first-order valence-electron chi connectivity index (χ1n) is 5.57. The van der Waals surface area contributed by atoms with E-state index >= 15 is 0 Å². The molecular weight excluding hydrogens is 212 g/mol. The van der Waals surface area contributed by atoms with E-state index in [0.29, 0.717) is 5.02 Å². The Morgan fingerprint density at radius 3 is 2.87 bits per heavy atom. The molecule has 0 aromatic carbocycles. The van der Waals surface area contributed by atoms with Gasteiger partial charge in [-0.15, -0.1) is 0 Å². The fourth-order valence-electron chi connectivity index (χ4n) is 1.55. The summed E-state index contributed by atoms with van der Waals surface area (Å²) in [6.45, 7) is 4.99. The van der Waals surface area contributed by atoms with Crippen LogP contribution >= 0.6 is 11.6 Å². The van der Waals surface area contributed by atoms with Crippen LogP contribution in [0.25, 0.3) is 0 Å². The molecule has 0 saturated carbocycles. The number of aryl methyl sites for hydroxylation is 1. The summed E-state index contributed by atoms with van der Waals surface area (Å²) in [4.78, 5) is 0. The fourth-order valence-corrected chi connectivity index (χ4v) is 1.78. The van der Waals surface area contributed by atoms with Gasteiger partial charge in [0.05, 0.1) is 23.0 Å². The Balaban J connectivity index is 2.61. The average Bonchev–Trinajstić information content (AvgIpc) is 2.57. The zero-order valence-corrected chi connectivity index (χ0v) is 10.2. The maximum absolute atomic E-state index is 9.50. The number of hydrogen-bond acceptors (Lipinski definition) is 2. The molecule has 1 atom stereocenters. The van der Waals surface area contributed by atoms with Crippen LogP contribution in [0.1, 0.15) is 38.8 Å². The van der Waals surface area contributed by atoms with Crippen LogP contribution in [0.3, 0.4) is 0 Å². The summed E-state index contributed by atoms with van der Waals surface area (Å²) in [5.74, 6) is 0. The van der Waals surface area contributed by atoms with Crippen LogP contribution in [-0.4, -0.2) is 21.0 Å². The molecular formula is C11H19ClN2O. The van der Waals surface area contributed by atoms with Crippen molar-refractivity contribution in [3.63, 3.8) is 0 Å². The van der Waals surface area contributed by atoms with Gasteiger partial charge >= 0.3 is 0 Å². The molecule has 1 rings (SSSR count). The zero-order valence-electron chi connectivity index (χ0n) is 9.41. The molecule has 0 spiro atoms. The SMILES string of the molecule is CCCn1ncc(Cl)c1CCC(O)CC. The lowest BCUT2D eigenvalue weighted by Crippen LogP contribution is -2.10. The number of hydrogen-bond donors (Lipinski definition) is 1. The minimum atomic E-state index is -0.231. The first kappa shape index (κ1) is 12.5. The minimum Gasteiger partial charge on any atom is -0.393 e. The number of rotatable bonds is 6. The molecule has 0 bridgehead atoms. The van der Waals surface area contributed by atoms with Crippen LogP contribution in [-0.2, 0) is 13.0 Å². The molecule has 4 heteroatoms. The highest BCUT2D eigenvalue weighted by Gasteiger charge is 2.10. The van der Waals surface area contributed by atoms with E-state index in [2.05, 4.69) is 12.0 Å². The van der Waals surface area contributed by atoms with Crippen molar-refractivity contribution >= 4 is 11.6 Å². The van der Waals surface area contributed by atoms with Gasteiger partial charge < -0.3 is 5.11 Å². The lowest BCUT2D eigenvalue weighted by atomic mass is 10.1. The van der Waals surface area contributed by atoms with Gasteiger partial charge in [-0.3, -0.25) is 4.68 Å². The van der Waals surface area contributed by atoms with Crippen molar-refractivity contribution in [2.24, 2.45) is 0 Å². The largest absolute Gasteiger partial charge is 0.393 e. The van der Waals surface area contributed by atoms with Crippen molar-refractivity contribution in [3.05, 3.63) is 16.9 Å². The van der Waals surface area contributed by atoms with Gasteiger partial charge in [0.25, 0.3) is 0 Å². The topological polar surface area (TPSA) is 38.0 Å². The summed E-state index contributed by atoms with van der Waals surface area (Å²) in [6, 6.07) is 0. The Kier molecular flexibility index (Phi) is 5.12. The van der Waals surface area contributed by atoms with E-state index < -0.39 is 0 Å². The Morgan fingerprint density at radius 1 is 1.53 bits per heavy atom. The molecule has 1 unspecified atom stereocenters. The number of nitrogens with zero attached hydrogens (tertiary/aromatic N) is 2. The third-order valence-electron chi connectivity index (χ3n) is 2.52. The number of aromatic nitrogens is 2. The Labute approximate surface area is 96.1 Å². The molecule has 15 heavy (non-hydrogen) atoms. The second kappa shape index (κ2) is 6.13. The molecule has 0 aliphatic rings. The highest BCUT2D eigenvalue weighted by atomic mass is 35.5. The van der Waals surface area contributed by atoms with Crippen molar-refractivity contribution < 1.29 is 5.11 Å². The van der Waals surface area contributed by atoms with Crippen LogP contribution in [0.4, 0.5) is 0 Å². The first-order chi connectivity index (χ1) is 7.19. The molecule has 86 valence electrons. The lowest BCUT2D eigenvalue weighted by Gasteiger charge is -2.09. The van der Waals surface area contributed by atoms with Crippen molar-refractivity contribution in [2.75, 3.05) is 0 Å². The van der Waals surface area contributed by atoms with Gasteiger partial charge in [0, 0.05) is 6.54 Å². The summed E-state index contributed by atoms with van der Waals surface area (Å²) in [6.07, 6.45) is 4.84. The fraction of sp³-hybridized carbons (Fsp3) is 0.727. The molecule has 0 aliphatic heterocycles. The smallest absolute Gasteiger partial charge is 0.0817 e. The van der Waals surface area contributed by atoms with E-state index in [-0.39, 0.29) is 6.10 Å². The van der Waals surface area contributed by atoms with E-state index in [0.717, 1.165) is 37.9 Å². The summed E-state index contributed by atoms with van der Waals surface area (Å²) in [5.41, 5.74) is 1.05. The monoisotopic (exact) mass is 230 g/mol. The van der Waals surface area contributed by atoms with E-state index in [4.69, 9.17) is 11.6 Å². The molecule has 1 aromatic rings. The molecule has 1 N–H and O–H groups in total. The molecule has 1 aromatic heterocycles. The van der Waals surface area contributed by atoms with Gasteiger partial charge in [0.2, 0.25) is 0 Å². The lowest BCUT2D eigenvalue weighted by molar-refractivity contribution is 0.160. The summed E-state index contributed by atoms with van der Waals surface area (Å²) < 4.78 is 1.94. The van der Waals surface area contributed by atoms with Crippen LogP contribution in [0.2, 0.25) is 5.02 Å². The van der Waals surface area contributed by atoms with Crippen LogP contribution in [0.15, 0.2) is 6.20 Å². The van der Waals surface area contributed by atoms with Gasteiger partial charge in [-0.05, 0) is 25.7 Å². The summed E-state index contributed by atoms with van der Waals surface area (Å²) in [7, 11) is 0. The quantitative estimate of drug-likeness (QED) is 0.816. The van der Waals surface area contributed by atoms with Crippen LogP contribution < -0.4 is 0 Å². The zero-order chi connectivity index (χ0) is 11.3. The molecule has 3 nitrogen and oxygen atoms in total. The molecule has 0 fully saturated rings. The van der Waals surface area contributed by atoms with Gasteiger partial charge in [0.15, 0.2) is 0 Å². The predicted octanol–water partition coefficient (Wildman–Crippen LogP) is 2.65. The van der Waals surface area contributed by atoms with Gasteiger partial charge in [-0.2, -0.15) is 5.10 Å². The third kappa shape index (κ3) is 3.50. The number of aliphatic hydroxyl groups excluding tert-OH is 1. The van der Waals surface area contributed by atoms with E-state index in [9.17, 15) is 5.11 Å². The Hall–Kier alpha value is -0.540. The van der Waals surface area contributed by atoms with Crippen molar-refractivity contribution in [2.45, 2.75) is 52.2 Å². The molecule has 0 amide bonds. The molecule has 0 saturated heterocycles. The standard InChI is InChI=1S/C11H19ClN2O/c1-3-7-14-11(10(12)8-13-14)6-5-9(15)4-2/h8-9,15H,3-7H2,1-2H3. The second-order valence-corrected chi connectivity index (χ2v) is 4.17. The van der Waals surface area contributed by atoms with E-state index in [1.807, 2.05) is 11.6 Å². The molecule has 0 aliphatic carbocycles. The maximum atomic E-state index is 9.50. The highest BCUT2D eigenvalue weighted by Crippen LogP contribution is 2.18. The van der Waals surface area contributed by atoms with Crippen molar-refractivity contribution in [3.8, 4) is 0 Å².